The number of thiophene rings is 1. The average molecular weight is 302 g/mol. The van der Waals surface area contributed by atoms with E-state index >= 15 is 0 Å². The van der Waals surface area contributed by atoms with Crippen molar-refractivity contribution in [2.45, 2.75) is 37.6 Å². The molecule has 1 saturated heterocycles. The van der Waals surface area contributed by atoms with Gasteiger partial charge in [0.25, 0.3) is 0 Å². The molecule has 0 aliphatic carbocycles. The second-order valence-electron chi connectivity index (χ2n) is 5.22. The SMILES string of the molecule is CNCc1cc(S(=O)(=O)N2CCCC(C)CC2)cs1. The Morgan fingerprint density at radius 1 is 1.42 bits per heavy atom. The van der Waals surface area contributed by atoms with Crippen molar-refractivity contribution in [2.75, 3.05) is 20.1 Å². The minimum atomic E-state index is -3.29. The van der Waals surface area contributed by atoms with E-state index in [-0.39, 0.29) is 0 Å². The molecule has 1 aliphatic rings. The van der Waals surface area contributed by atoms with Gasteiger partial charge in [-0.25, -0.2) is 8.42 Å². The van der Waals surface area contributed by atoms with E-state index in [4.69, 9.17) is 0 Å². The molecule has 1 unspecified atom stereocenters. The molecule has 19 heavy (non-hydrogen) atoms. The van der Waals surface area contributed by atoms with Crippen LogP contribution in [0, 0.1) is 5.92 Å². The van der Waals surface area contributed by atoms with Crippen molar-refractivity contribution in [2.24, 2.45) is 5.92 Å². The van der Waals surface area contributed by atoms with E-state index in [2.05, 4.69) is 12.2 Å². The Hall–Kier alpha value is -0.430. The van der Waals surface area contributed by atoms with Crippen LogP contribution in [-0.2, 0) is 16.6 Å². The Morgan fingerprint density at radius 3 is 2.95 bits per heavy atom. The third kappa shape index (κ3) is 3.56. The molecule has 0 radical (unpaired) electrons. The van der Waals surface area contributed by atoms with Crippen molar-refractivity contribution in [3.8, 4) is 0 Å². The van der Waals surface area contributed by atoms with Gasteiger partial charge in [0.05, 0.1) is 4.90 Å². The maximum atomic E-state index is 12.6. The highest BCUT2D eigenvalue weighted by molar-refractivity contribution is 7.89. The highest BCUT2D eigenvalue weighted by Gasteiger charge is 2.27. The van der Waals surface area contributed by atoms with E-state index in [1.165, 1.54) is 11.3 Å². The Morgan fingerprint density at radius 2 is 2.21 bits per heavy atom. The molecule has 0 aromatic carbocycles. The Kier molecular flexibility index (Phi) is 5.00. The second-order valence-corrected chi connectivity index (χ2v) is 8.15. The van der Waals surface area contributed by atoms with Crippen LogP contribution in [0.15, 0.2) is 16.3 Å². The van der Waals surface area contributed by atoms with E-state index in [1.54, 1.807) is 15.8 Å². The minimum absolute atomic E-state index is 0.456. The molecule has 1 aromatic rings. The molecular formula is C13H22N2O2S2. The smallest absolute Gasteiger partial charge is 0.243 e. The van der Waals surface area contributed by atoms with Gasteiger partial charge < -0.3 is 5.32 Å². The fourth-order valence-corrected chi connectivity index (χ4v) is 5.16. The van der Waals surface area contributed by atoms with Crippen LogP contribution >= 0.6 is 11.3 Å². The monoisotopic (exact) mass is 302 g/mol. The largest absolute Gasteiger partial charge is 0.315 e. The summed E-state index contributed by atoms with van der Waals surface area (Å²) in [5, 5.41) is 4.81. The number of nitrogens with one attached hydrogen (secondary N) is 1. The van der Waals surface area contributed by atoms with Crippen molar-refractivity contribution in [1.29, 1.82) is 0 Å². The molecule has 108 valence electrons. The summed E-state index contributed by atoms with van der Waals surface area (Å²) in [6.07, 6.45) is 3.06. The lowest BCUT2D eigenvalue weighted by Gasteiger charge is -2.19. The molecule has 4 nitrogen and oxygen atoms in total. The third-order valence-electron chi connectivity index (χ3n) is 3.59. The van der Waals surface area contributed by atoms with Gasteiger partial charge in [-0.3, -0.25) is 0 Å². The van der Waals surface area contributed by atoms with Crippen molar-refractivity contribution in [3.05, 3.63) is 16.3 Å². The summed E-state index contributed by atoms with van der Waals surface area (Å²) in [7, 11) is -1.43. The third-order valence-corrected chi connectivity index (χ3v) is 6.56. The van der Waals surface area contributed by atoms with Crippen LogP contribution in [0.25, 0.3) is 0 Å². The number of nitrogens with zero attached hydrogens (tertiary/aromatic N) is 1. The van der Waals surface area contributed by atoms with Crippen molar-refractivity contribution >= 4 is 21.4 Å². The molecule has 2 rings (SSSR count). The fourth-order valence-electron chi connectivity index (χ4n) is 2.39. The number of hydrogen-bond donors (Lipinski definition) is 1. The van der Waals surface area contributed by atoms with Crippen molar-refractivity contribution in [3.63, 3.8) is 0 Å². The molecule has 0 spiro atoms. The van der Waals surface area contributed by atoms with Gasteiger partial charge in [-0.2, -0.15) is 4.31 Å². The van der Waals surface area contributed by atoms with E-state index in [1.807, 2.05) is 7.05 Å². The topological polar surface area (TPSA) is 49.4 Å². The molecule has 6 heteroatoms. The van der Waals surface area contributed by atoms with E-state index in [9.17, 15) is 8.42 Å². The van der Waals surface area contributed by atoms with Crippen LogP contribution in [-0.4, -0.2) is 32.9 Å². The van der Waals surface area contributed by atoms with Gasteiger partial charge >= 0.3 is 0 Å². The number of hydrogen-bond acceptors (Lipinski definition) is 4. The highest BCUT2D eigenvalue weighted by atomic mass is 32.2. The lowest BCUT2D eigenvalue weighted by molar-refractivity contribution is 0.417. The quantitative estimate of drug-likeness (QED) is 0.928. The molecule has 1 aliphatic heterocycles. The zero-order chi connectivity index (χ0) is 13.9. The summed E-state index contributed by atoms with van der Waals surface area (Å²) < 4.78 is 26.8. The first kappa shape index (κ1) is 15.0. The Labute approximate surface area is 119 Å². The Balaban J connectivity index is 2.15. The molecule has 1 atom stereocenters. The standard InChI is InChI=1S/C13H22N2O2S2/c1-11-4-3-6-15(7-5-11)19(16,17)13-8-12(9-14-2)18-10-13/h8,10-11,14H,3-7,9H2,1-2H3. The summed E-state index contributed by atoms with van der Waals surface area (Å²) >= 11 is 1.50. The maximum Gasteiger partial charge on any atom is 0.243 e. The summed E-state index contributed by atoms with van der Waals surface area (Å²) in [4.78, 5) is 1.52. The van der Waals surface area contributed by atoms with Crippen LogP contribution in [0.4, 0.5) is 0 Å². The maximum absolute atomic E-state index is 12.6. The molecule has 1 fully saturated rings. The fraction of sp³-hybridized carbons (Fsp3) is 0.692. The van der Waals surface area contributed by atoms with E-state index in [0.29, 0.717) is 23.9 Å². The molecule has 0 amide bonds. The van der Waals surface area contributed by atoms with Crippen molar-refractivity contribution < 1.29 is 8.42 Å². The summed E-state index contributed by atoms with van der Waals surface area (Å²) in [6.45, 7) is 4.23. The lowest BCUT2D eigenvalue weighted by atomic mass is 10.0. The first-order valence-electron chi connectivity index (χ1n) is 6.76. The molecule has 2 heterocycles. The second kappa shape index (κ2) is 6.35. The molecule has 0 saturated carbocycles. The molecular weight excluding hydrogens is 280 g/mol. The first-order chi connectivity index (χ1) is 9.04. The van der Waals surface area contributed by atoms with E-state index < -0.39 is 10.0 Å². The summed E-state index contributed by atoms with van der Waals surface area (Å²) in [6, 6.07) is 1.80. The first-order valence-corrected chi connectivity index (χ1v) is 9.08. The lowest BCUT2D eigenvalue weighted by Crippen LogP contribution is -2.31. The van der Waals surface area contributed by atoms with Gasteiger partial charge in [0, 0.05) is 29.9 Å². The summed E-state index contributed by atoms with van der Waals surface area (Å²) in [5.74, 6) is 0.627. The number of sulfonamides is 1. The zero-order valence-electron chi connectivity index (χ0n) is 11.6. The summed E-state index contributed by atoms with van der Waals surface area (Å²) in [5.41, 5.74) is 0. The van der Waals surface area contributed by atoms with Crippen molar-refractivity contribution in [1.82, 2.24) is 9.62 Å². The number of rotatable bonds is 4. The van der Waals surface area contributed by atoms with Crippen LogP contribution in [0.3, 0.4) is 0 Å². The predicted molar refractivity (Wildman–Crippen MR) is 78.9 cm³/mol. The van der Waals surface area contributed by atoms with Gasteiger partial charge in [-0.1, -0.05) is 6.92 Å². The highest BCUT2D eigenvalue weighted by Crippen LogP contribution is 2.26. The normalized spacial score (nSPS) is 22.3. The minimum Gasteiger partial charge on any atom is -0.315 e. The Bertz CT molecular complexity index is 510. The van der Waals surface area contributed by atoms with Crippen LogP contribution in [0.5, 0.6) is 0 Å². The molecule has 0 bridgehead atoms. The van der Waals surface area contributed by atoms with Gasteiger partial charge in [0.2, 0.25) is 10.0 Å². The van der Waals surface area contributed by atoms with Gasteiger partial charge in [0.15, 0.2) is 0 Å². The van der Waals surface area contributed by atoms with Gasteiger partial charge in [0.1, 0.15) is 0 Å². The van der Waals surface area contributed by atoms with Crippen LogP contribution in [0.2, 0.25) is 0 Å². The van der Waals surface area contributed by atoms with Crippen LogP contribution < -0.4 is 5.32 Å². The van der Waals surface area contributed by atoms with E-state index in [0.717, 1.165) is 30.7 Å². The van der Waals surface area contributed by atoms with Gasteiger partial charge in [-0.15, -0.1) is 11.3 Å². The molecule has 1 N–H and O–H groups in total. The predicted octanol–water partition coefficient (Wildman–Crippen LogP) is 2.28. The van der Waals surface area contributed by atoms with Crippen LogP contribution in [0.1, 0.15) is 31.1 Å². The molecule has 1 aromatic heterocycles. The van der Waals surface area contributed by atoms with Gasteiger partial charge in [-0.05, 0) is 38.3 Å². The average Bonchev–Trinajstić information content (AvgIpc) is 2.72. The zero-order valence-corrected chi connectivity index (χ0v) is 13.2.